The second-order valence-electron chi connectivity index (χ2n) is 5.59. The van der Waals surface area contributed by atoms with E-state index in [1.807, 2.05) is 24.3 Å². The molecular weight excluding hydrogens is 266 g/mol. The van der Waals surface area contributed by atoms with Gasteiger partial charge in [0.1, 0.15) is 5.75 Å². The molecule has 1 aromatic carbocycles. The van der Waals surface area contributed by atoms with Crippen molar-refractivity contribution >= 4 is 5.97 Å². The van der Waals surface area contributed by atoms with Crippen LogP contribution in [0.15, 0.2) is 36.4 Å². The Labute approximate surface area is 126 Å². The van der Waals surface area contributed by atoms with Gasteiger partial charge in [-0.15, -0.1) is 0 Å². The maximum absolute atomic E-state index is 10.6. The third-order valence-corrected chi connectivity index (χ3v) is 3.99. The van der Waals surface area contributed by atoms with Crippen LogP contribution in [0.2, 0.25) is 0 Å². The van der Waals surface area contributed by atoms with Crippen molar-refractivity contribution in [2.45, 2.75) is 18.8 Å². The van der Waals surface area contributed by atoms with E-state index in [4.69, 9.17) is 9.84 Å². The van der Waals surface area contributed by atoms with Crippen LogP contribution in [0.25, 0.3) is 0 Å². The highest BCUT2D eigenvalue weighted by atomic mass is 16.5. The Hall–Kier alpha value is -1.81. The van der Waals surface area contributed by atoms with Gasteiger partial charge in [0.25, 0.3) is 0 Å². The van der Waals surface area contributed by atoms with Crippen molar-refractivity contribution in [2.24, 2.45) is 5.92 Å². The minimum atomic E-state index is -0.746. The van der Waals surface area contributed by atoms with Crippen molar-refractivity contribution in [3.05, 3.63) is 42.0 Å². The second-order valence-corrected chi connectivity index (χ2v) is 5.59. The van der Waals surface area contributed by atoms with Crippen LogP contribution >= 0.6 is 0 Å². The third kappa shape index (κ3) is 4.08. The molecular formula is C17H23NO3. The molecule has 0 radical (unpaired) electrons. The molecule has 0 unspecified atom stereocenters. The lowest BCUT2D eigenvalue weighted by Gasteiger charge is -2.18. The van der Waals surface area contributed by atoms with Crippen LogP contribution in [-0.2, 0) is 4.79 Å². The Balaban J connectivity index is 2.11. The molecule has 2 atom stereocenters. The molecule has 1 heterocycles. The van der Waals surface area contributed by atoms with Crippen LogP contribution in [0.4, 0.5) is 0 Å². The smallest absolute Gasteiger partial charge is 0.303 e. The van der Waals surface area contributed by atoms with Crippen molar-refractivity contribution < 1.29 is 14.6 Å². The molecule has 1 saturated heterocycles. The van der Waals surface area contributed by atoms with Gasteiger partial charge in [-0.3, -0.25) is 4.79 Å². The Morgan fingerprint density at radius 1 is 1.43 bits per heavy atom. The molecule has 1 aromatic rings. The van der Waals surface area contributed by atoms with E-state index in [0.717, 1.165) is 18.8 Å². The minimum Gasteiger partial charge on any atom is -0.496 e. The number of allylic oxidation sites excluding steroid dienone is 1. The fourth-order valence-electron chi connectivity index (χ4n) is 3.01. The Bertz CT molecular complexity index is 513. The zero-order valence-electron chi connectivity index (χ0n) is 12.7. The predicted molar refractivity (Wildman–Crippen MR) is 82.7 cm³/mol. The number of carbonyl (C=O) groups is 1. The standard InChI is InChI=1S/C17H23NO3/c1-18-11-13(7-3-6-10-17(19)20)15(12-18)14-8-4-5-9-16(14)21-2/h3-5,7-9,13,15H,6,10-12H2,1-2H3,(H,19,20)/b7-3-/t13-,15-/m1/s1. The van der Waals surface area contributed by atoms with Gasteiger partial charge in [0.15, 0.2) is 0 Å². The number of nitrogens with zero attached hydrogens (tertiary/aromatic N) is 1. The van der Waals surface area contributed by atoms with Gasteiger partial charge in [0, 0.05) is 25.4 Å². The fraction of sp³-hybridized carbons (Fsp3) is 0.471. The molecule has 4 nitrogen and oxygen atoms in total. The van der Waals surface area contributed by atoms with Gasteiger partial charge in [-0.1, -0.05) is 30.4 Å². The number of carboxylic acids is 1. The predicted octanol–water partition coefficient (Wildman–Crippen LogP) is 2.76. The topological polar surface area (TPSA) is 49.8 Å². The molecule has 0 aliphatic carbocycles. The van der Waals surface area contributed by atoms with E-state index in [9.17, 15) is 4.79 Å². The lowest BCUT2D eigenvalue weighted by Crippen LogP contribution is -2.13. The average Bonchev–Trinajstić information content (AvgIpc) is 2.84. The summed E-state index contributed by atoms with van der Waals surface area (Å²) in [5.74, 6) is 0.985. The monoisotopic (exact) mass is 289 g/mol. The van der Waals surface area contributed by atoms with Crippen LogP contribution in [-0.4, -0.2) is 43.2 Å². The second kappa shape index (κ2) is 7.27. The quantitative estimate of drug-likeness (QED) is 0.818. The first-order valence-corrected chi connectivity index (χ1v) is 7.31. The Morgan fingerprint density at radius 3 is 2.90 bits per heavy atom. The third-order valence-electron chi connectivity index (χ3n) is 3.99. The molecule has 4 heteroatoms. The summed E-state index contributed by atoms with van der Waals surface area (Å²) < 4.78 is 5.48. The average molecular weight is 289 g/mol. The minimum absolute atomic E-state index is 0.193. The van der Waals surface area contributed by atoms with E-state index in [1.54, 1.807) is 7.11 Å². The van der Waals surface area contributed by atoms with Gasteiger partial charge in [0.2, 0.25) is 0 Å². The number of aliphatic carboxylic acids is 1. The van der Waals surface area contributed by atoms with E-state index < -0.39 is 5.97 Å². The molecule has 1 fully saturated rings. The van der Waals surface area contributed by atoms with Gasteiger partial charge in [-0.05, 0) is 31.0 Å². The molecule has 0 bridgehead atoms. The molecule has 1 aliphatic heterocycles. The lowest BCUT2D eigenvalue weighted by molar-refractivity contribution is -0.136. The zero-order chi connectivity index (χ0) is 15.2. The fourth-order valence-corrected chi connectivity index (χ4v) is 3.01. The molecule has 0 saturated carbocycles. The van der Waals surface area contributed by atoms with Gasteiger partial charge < -0.3 is 14.7 Å². The van der Waals surface area contributed by atoms with E-state index in [-0.39, 0.29) is 6.42 Å². The molecule has 1 aliphatic rings. The first kappa shape index (κ1) is 15.6. The number of rotatable bonds is 6. The number of hydrogen-bond acceptors (Lipinski definition) is 3. The molecule has 2 rings (SSSR count). The maximum Gasteiger partial charge on any atom is 0.303 e. The van der Waals surface area contributed by atoms with Gasteiger partial charge in [0.05, 0.1) is 7.11 Å². The number of carboxylic acid groups (broad SMARTS) is 1. The largest absolute Gasteiger partial charge is 0.496 e. The number of methoxy groups -OCH3 is 1. The molecule has 114 valence electrons. The molecule has 0 aromatic heterocycles. The van der Waals surface area contributed by atoms with Crippen LogP contribution in [0.1, 0.15) is 24.3 Å². The summed E-state index contributed by atoms with van der Waals surface area (Å²) in [4.78, 5) is 12.9. The van der Waals surface area contributed by atoms with Crippen molar-refractivity contribution in [1.29, 1.82) is 0 Å². The SMILES string of the molecule is COc1ccccc1[C@@H]1CN(C)C[C@H]1/C=C\CCC(=O)O. The van der Waals surface area contributed by atoms with E-state index in [0.29, 0.717) is 18.3 Å². The molecule has 1 N–H and O–H groups in total. The molecule has 0 amide bonds. The van der Waals surface area contributed by atoms with Gasteiger partial charge >= 0.3 is 5.97 Å². The zero-order valence-corrected chi connectivity index (χ0v) is 12.7. The Kier molecular flexibility index (Phi) is 5.39. The van der Waals surface area contributed by atoms with Crippen molar-refractivity contribution in [1.82, 2.24) is 4.90 Å². The summed E-state index contributed by atoms with van der Waals surface area (Å²) in [6.07, 6.45) is 4.95. The maximum atomic E-state index is 10.6. The Morgan fingerprint density at radius 2 is 2.19 bits per heavy atom. The number of benzene rings is 1. The number of ether oxygens (including phenoxy) is 1. The first-order valence-electron chi connectivity index (χ1n) is 7.31. The number of hydrogen-bond donors (Lipinski definition) is 1. The van der Waals surface area contributed by atoms with E-state index in [2.05, 4.69) is 24.1 Å². The van der Waals surface area contributed by atoms with Crippen LogP contribution in [0.5, 0.6) is 5.75 Å². The summed E-state index contributed by atoms with van der Waals surface area (Å²) in [7, 11) is 3.82. The lowest BCUT2D eigenvalue weighted by atomic mass is 9.88. The van der Waals surface area contributed by atoms with Crippen LogP contribution in [0, 0.1) is 5.92 Å². The van der Waals surface area contributed by atoms with E-state index in [1.165, 1.54) is 5.56 Å². The molecule has 21 heavy (non-hydrogen) atoms. The van der Waals surface area contributed by atoms with Crippen LogP contribution in [0.3, 0.4) is 0 Å². The van der Waals surface area contributed by atoms with Gasteiger partial charge in [-0.25, -0.2) is 0 Å². The highest BCUT2D eigenvalue weighted by molar-refractivity contribution is 5.66. The van der Waals surface area contributed by atoms with Crippen molar-refractivity contribution in [2.75, 3.05) is 27.2 Å². The summed E-state index contributed by atoms with van der Waals surface area (Å²) in [6, 6.07) is 8.15. The highest BCUT2D eigenvalue weighted by Gasteiger charge is 2.31. The summed E-state index contributed by atoms with van der Waals surface area (Å²) in [6.45, 7) is 1.99. The van der Waals surface area contributed by atoms with Crippen molar-refractivity contribution in [3.8, 4) is 5.75 Å². The number of para-hydroxylation sites is 1. The normalized spacial score (nSPS) is 22.8. The van der Waals surface area contributed by atoms with Crippen molar-refractivity contribution in [3.63, 3.8) is 0 Å². The highest BCUT2D eigenvalue weighted by Crippen LogP contribution is 2.37. The number of likely N-dealkylation sites (tertiary alicyclic amines) is 1. The van der Waals surface area contributed by atoms with E-state index >= 15 is 0 Å². The van der Waals surface area contributed by atoms with Gasteiger partial charge in [-0.2, -0.15) is 0 Å². The number of likely N-dealkylation sites (N-methyl/N-ethyl adjacent to an activating group) is 1. The summed E-state index contributed by atoms with van der Waals surface area (Å²) in [5.41, 5.74) is 1.23. The molecule has 0 spiro atoms. The van der Waals surface area contributed by atoms with Crippen LogP contribution < -0.4 is 4.74 Å². The summed E-state index contributed by atoms with van der Waals surface area (Å²) in [5, 5.41) is 8.69. The summed E-state index contributed by atoms with van der Waals surface area (Å²) >= 11 is 0. The first-order chi connectivity index (χ1) is 10.1.